The summed E-state index contributed by atoms with van der Waals surface area (Å²) in [6.45, 7) is 5.86. The van der Waals surface area contributed by atoms with Gasteiger partial charge in [-0.2, -0.15) is 0 Å². The summed E-state index contributed by atoms with van der Waals surface area (Å²) in [5.74, 6) is -0.165. The second kappa shape index (κ2) is 9.08. The van der Waals surface area contributed by atoms with Crippen LogP contribution in [0.25, 0.3) is 10.8 Å². The lowest BCUT2D eigenvalue weighted by Crippen LogP contribution is -2.18. The Morgan fingerprint density at radius 1 is 0.710 bits per heavy atom. The predicted molar refractivity (Wildman–Crippen MR) is 118 cm³/mol. The van der Waals surface area contributed by atoms with E-state index in [0.717, 1.165) is 0 Å². The quantitative estimate of drug-likeness (QED) is 0.390. The second-order valence-corrected chi connectivity index (χ2v) is 8.24. The van der Waals surface area contributed by atoms with Crippen LogP contribution in [0, 0.1) is 5.41 Å². The van der Waals surface area contributed by atoms with Crippen LogP contribution >= 0.6 is 0 Å². The van der Waals surface area contributed by atoms with E-state index in [2.05, 4.69) is 0 Å². The van der Waals surface area contributed by atoms with Crippen LogP contribution in [0.2, 0.25) is 0 Å². The number of methoxy groups -OCH3 is 2. The Labute approximate surface area is 181 Å². The molecular formula is C25H26O6. The molecule has 0 aliphatic heterocycles. The van der Waals surface area contributed by atoms with Gasteiger partial charge in [-0.15, -0.1) is 0 Å². The van der Waals surface area contributed by atoms with E-state index in [1.807, 2.05) is 26.8 Å². The Morgan fingerprint density at radius 2 is 1.19 bits per heavy atom. The van der Waals surface area contributed by atoms with Crippen molar-refractivity contribution in [2.24, 2.45) is 5.41 Å². The minimum atomic E-state index is -0.538. The van der Waals surface area contributed by atoms with Gasteiger partial charge >= 0.3 is 11.9 Å². The van der Waals surface area contributed by atoms with Crippen molar-refractivity contribution >= 4 is 22.7 Å². The summed E-state index contributed by atoms with van der Waals surface area (Å²) in [6.07, 6.45) is 0.220. The molecule has 3 aromatic rings. The summed E-state index contributed by atoms with van der Waals surface area (Å²) >= 11 is 0. The highest BCUT2D eigenvalue weighted by Gasteiger charge is 2.28. The highest BCUT2D eigenvalue weighted by Crippen LogP contribution is 2.51. The normalized spacial score (nSPS) is 11.1. The van der Waals surface area contributed by atoms with Gasteiger partial charge in [0.25, 0.3) is 0 Å². The molecule has 162 valence electrons. The van der Waals surface area contributed by atoms with Crippen LogP contribution in [0.4, 0.5) is 0 Å². The Kier molecular flexibility index (Phi) is 6.49. The first-order chi connectivity index (χ1) is 14.7. The molecule has 0 unspecified atom stereocenters. The Hall–Kier alpha value is -3.54. The SMILES string of the molecule is COc1c(OC)c(OC(=O)c2ccccc2)c2ccccc2c1OC(=O)CC(C)(C)C. The third-order valence-electron chi connectivity index (χ3n) is 4.54. The van der Waals surface area contributed by atoms with Crippen LogP contribution < -0.4 is 18.9 Å². The number of ether oxygens (including phenoxy) is 4. The summed E-state index contributed by atoms with van der Waals surface area (Å²) in [5, 5.41) is 1.13. The second-order valence-electron chi connectivity index (χ2n) is 8.24. The fourth-order valence-electron chi connectivity index (χ4n) is 3.21. The minimum absolute atomic E-state index is 0.170. The van der Waals surface area contributed by atoms with E-state index < -0.39 is 11.9 Å². The third kappa shape index (κ3) is 4.97. The molecule has 6 heteroatoms. The van der Waals surface area contributed by atoms with E-state index >= 15 is 0 Å². The summed E-state index contributed by atoms with van der Waals surface area (Å²) in [6, 6.07) is 15.8. The predicted octanol–water partition coefficient (Wildman–Crippen LogP) is 5.42. The average Bonchev–Trinajstić information content (AvgIpc) is 2.74. The highest BCUT2D eigenvalue weighted by atomic mass is 16.6. The number of fused-ring (bicyclic) bond motifs is 1. The monoisotopic (exact) mass is 422 g/mol. The first-order valence-electron chi connectivity index (χ1n) is 9.89. The Bertz CT molecular complexity index is 1100. The molecule has 0 atom stereocenters. The topological polar surface area (TPSA) is 71.1 Å². The first kappa shape index (κ1) is 22.2. The third-order valence-corrected chi connectivity index (χ3v) is 4.54. The van der Waals surface area contributed by atoms with Crippen LogP contribution in [0.15, 0.2) is 54.6 Å². The summed E-state index contributed by atoms with van der Waals surface area (Å²) in [7, 11) is 2.88. The number of hydrogen-bond acceptors (Lipinski definition) is 6. The van der Waals surface area contributed by atoms with Gasteiger partial charge in [0, 0.05) is 10.8 Å². The van der Waals surface area contributed by atoms with Crippen molar-refractivity contribution in [1.82, 2.24) is 0 Å². The van der Waals surface area contributed by atoms with Gasteiger partial charge in [-0.3, -0.25) is 4.79 Å². The van der Waals surface area contributed by atoms with E-state index in [4.69, 9.17) is 18.9 Å². The zero-order valence-corrected chi connectivity index (χ0v) is 18.4. The van der Waals surface area contributed by atoms with Gasteiger partial charge in [0.1, 0.15) is 0 Å². The van der Waals surface area contributed by atoms with E-state index in [1.54, 1.807) is 48.5 Å². The van der Waals surface area contributed by atoms with E-state index in [1.165, 1.54) is 14.2 Å². The van der Waals surface area contributed by atoms with Gasteiger partial charge < -0.3 is 18.9 Å². The van der Waals surface area contributed by atoms with Crippen molar-refractivity contribution in [3.8, 4) is 23.0 Å². The molecule has 0 bridgehead atoms. The average molecular weight is 422 g/mol. The van der Waals surface area contributed by atoms with Crippen molar-refractivity contribution in [2.75, 3.05) is 14.2 Å². The zero-order valence-electron chi connectivity index (χ0n) is 18.4. The molecule has 31 heavy (non-hydrogen) atoms. The van der Waals surface area contributed by atoms with Gasteiger partial charge in [0.05, 0.1) is 26.2 Å². The molecular weight excluding hydrogens is 396 g/mol. The lowest BCUT2D eigenvalue weighted by atomic mass is 9.92. The minimum Gasteiger partial charge on any atom is -0.490 e. The van der Waals surface area contributed by atoms with Crippen molar-refractivity contribution < 1.29 is 28.5 Å². The molecule has 0 radical (unpaired) electrons. The summed E-state index contributed by atoms with van der Waals surface area (Å²) in [4.78, 5) is 25.3. The molecule has 0 fully saturated rings. The standard InChI is InChI=1S/C25H26O6/c1-25(2,3)15-19(26)30-20-17-13-9-10-14-18(17)21(23(29-5)22(20)28-4)31-24(27)16-11-7-6-8-12-16/h6-14H,15H2,1-5H3. The number of rotatable bonds is 6. The molecule has 3 rings (SSSR count). The number of carbonyl (C=O) groups excluding carboxylic acids is 2. The van der Waals surface area contributed by atoms with Crippen molar-refractivity contribution in [2.45, 2.75) is 27.2 Å². The summed E-state index contributed by atoms with van der Waals surface area (Å²) < 4.78 is 22.5. The molecule has 3 aromatic carbocycles. The molecule has 0 amide bonds. The fraction of sp³-hybridized carbons (Fsp3) is 0.280. The van der Waals surface area contributed by atoms with Crippen molar-refractivity contribution in [3.63, 3.8) is 0 Å². The number of hydrogen-bond donors (Lipinski definition) is 0. The largest absolute Gasteiger partial charge is 0.490 e. The zero-order chi connectivity index (χ0) is 22.6. The molecule has 0 aliphatic carbocycles. The maximum absolute atomic E-state index is 12.7. The van der Waals surface area contributed by atoms with Gasteiger partial charge in [-0.1, -0.05) is 63.2 Å². The molecule has 0 saturated heterocycles. The lowest BCUT2D eigenvalue weighted by Gasteiger charge is -2.21. The summed E-state index contributed by atoms with van der Waals surface area (Å²) in [5.41, 5.74) is 0.156. The van der Waals surface area contributed by atoms with Crippen LogP contribution in [0.3, 0.4) is 0 Å². The molecule has 0 heterocycles. The Balaban J connectivity index is 2.14. The molecule has 0 saturated carbocycles. The first-order valence-corrected chi connectivity index (χ1v) is 9.89. The molecule has 0 aliphatic rings. The van der Waals surface area contributed by atoms with Crippen LogP contribution in [-0.2, 0) is 4.79 Å². The molecule has 0 spiro atoms. The maximum atomic E-state index is 12.7. The number of benzene rings is 3. The van der Waals surface area contributed by atoms with E-state index in [-0.39, 0.29) is 34.8 Å². The number of esters is 2. The lowest BCUT2D eigenvalue weighted by molar-refractivity contribution is -0.136. The number of carbonyl (C=O) groups is 2. The highest BCUT2D eigenvalue weighted by molar-refractivity contribution is 6.02. The van der Waals surface area contributed by atoms with Crippen molar-refractivity contribution in [1.29, 1.82) is 0 Å². The van der Waals surface area contributed by atoms with Crippen LogP contribution in [-0.4, -0.2) is 26.2 Å². The maximum Gasteiger partial charge on any atom is 0.343 e. The van der Waals surface area contributed by atoms with Gasteiger partial charge in [0.2, 0.25) is 11.5 Å². The Morgan fingerprint density at radius 3 is 1.68 bits per heavy atom. The fourth-order valence-corrected chi connectivity index (χ4v) is 3.21. The van der Waals surface area contributed by atoms with E-state index in [0.29, 0.717) is 16.3 Å². The van der Waals surface area contributed by atoms with Crippen LogP contribution in [0.5, 0.6) is 23.0 Å². The van der Waals surface area contributed by atoms with E-state index in [9.17, 15) is 9.59 Å². The van der Waals surface area contributed by atoms with Gasteiger partial charge in [0.15, 0.2) is 11.5 Å². The van der Waals surface area contributed by atoms with Crippen LogP contribution in [0.1, 0.15) is 37.6 Å². The molecule has 0 aromatic heterocycles. The van der Waals surface area contributed by atoms with Gasteiger partial charge in [-0.05, 0) is 17.5 Å². The molecule has 6 nitrogen and oxygen atoms in total. The smallest absolute Gasteiger partial charge is 0.343 e. The molecule has 0 N–H and O–H groups in total. The van der Waals surface area contributed by atoms with Gasteiger partial charge in [-0.25, -0.2) is 4.79 Å². The van der Waals surface area contributed by atoms with Crippen molar-refractivity contribution in [3.05, 3.63) is 60.2 Å².